The second-order valence-corrected chi connectivity index (χ2v) is 7.48. The van der Waals surface area contributed by atoms with Gasteiger partial charge >= 0.3 is 0 Å². The number of allylic oxidation sites excluding steroid dienone is 4. The van der Waals surface area contributed by atoms with Gasteiger partial charge in [-0.3, -0.25) is 9.79 Å². The third-order valence-electron chi connectivity index (χ3n) is 5.24. The van der Waals surface area contributed by atoms with Gasteiger partial charge < -0.3 is 21.5 Å². The van der Waals surface area contributed by atoms with Crippen molar-refractivity contribution < 1.29 is 13.9 Å². The van der Waals surface area contributed by atoms with E-state index < -0.39 is 5.82 Å². The number of rotatable bonds is 1. The first-order chi connectivity index (χ1) is 15.4. The number of dihydropyridines is 1. The molecule has 0 radical (unpaired) electrons. The van der Waals surface area contributed by atoms with Gasteiger partial charge in [-0.2, -0.15) is 0 Å². The van der Waals surface area contributed by atoms with Crippen molar-refractivity contribution in [3.8, 4) is 5.75 Å². The molecule has 0 spiro atoms. The van der Waals surface area contributed by atoms with Crippen LogP contribution in [0.4, 0.5) is 10.2 Å². The molecular formula is C24H24FN5O2. The lowest BCUT2D eigenvalue weighted by molar-refractivity contribution is -0.111. The Morgan fingerprint density at radius 2 is 2.16 bits per heavy atom. The number of aliphatic imine (C=N–C) groups is 1. The molecule has 2 aliphatic heterocycles. The molecule has 4 rings (SSSR count). The number of nitrogens with one attached hydrogen (secondary N) is 1. The van der Waals surface area contributed by atoms with Crippen molar-refractivity contribution >= 4 is 23.0 Å². The fraction of sp³-hybridized carbons (Fsp3) is 0.208. The minimum absolute atomic E-state index is 0.0393. The number of anilines is 1. The van der Waals surface area contributed by atoms with E-state index in [1.165, 1.54) is 18.3 Å². The van der Waals surface area contributed by atoms with E-state index in [9.17, 15) is 9.18 Å². The molecule has 0 amide bonds. The first kappa shape index (κ1) is 21.3. The van der Waals surface area contributed by atoms with Gasteiger partial charge in [0.25, 0.3) is 0 Å². The van der Waals surface area contributed by atoms with Crippen LogP contribution >= 0.6 is 0 Å². The summed E-state index contributed by atoms with van der Waals surface area (Å²) in [5.41, 5.74) is 16.0. The van der Waals surface area contributed by atoms with Gasteiger partial charge in [0, 0.05) is 47.2 Å². The van der Waals surface area contributed by atoms with E-state index in [1.807, 2.05) is 13.0 Å². The van der Waals surface area contributed by atoms with Crippen LogP contribution in [0, 0.1) is 5.82 Å². The zero-order chi connectivity index (χ0) is 22.8. The average Bonchev–Trinajstić information content (AvgIpc) is 2.77. The summed E-state index contributed by atoms with van der Waals surface area (Å²) in [5, 5.41) is 3.26. The molecule has 0 unspecified atom stereocenters. The Labute approximate surface area is 185 Å². The smallest absolute Gasteiger partial charge is 0.199 e. The molecule has 1 aromatic heterocycles. The second-order valence-electron chi connectivity index (χ2n) is 7.48. The molecule has 164 valence electrons. The SMILES string of the molecule is CCN=C1/C(=C(/C)N)C(=O)C2=C(NCC=C2)c2ccc(F)cc2COc2cc1cnc2N. The quantitative estimate of drug-likeness (QED) is 0.596. The number of halogens is 1. The van der Waals surface area contributed by atoms with Crippen molar-refractivity contribution in [1.82, 2.24) is 10.3 Å². The fourth-order valence-corrected chi connectivity index (χ4v) is 3.81. The number of aromatic nitrogens is 1. The van der Waals surface area contributed by atoms with Crippen molar-refractivity contribution in [1.29, 1.82) is 0 Å². The van der Waals surface area contributed by atoms with Gasteiger partial charge in [0.1, 0.15) is 12.4 Å². The van der Waals surface area contributed by atoms with E-state index in [0.29, 0.717) is 58.2 Å². The molecule has 2 aromatic rings. The predicted molar refractivity (Wildman–Crippen MR) is 122 cm³/mol. The Kier molecular flexibility index (Phi) is 5.77. The van der Waals surface area contributed by atoms with Crippen molar-refractivity contribution in [2.45, 2.75) is 20.5 Å². The molecule has 7 nitrogen and oxygen atoms in total. The number of Topliss-reactive ketones (excluding diaryl/α,β-unsaturated/α-hetero) is 1. The van der Waals surface area contributed by atoms with Crippen LogP contribution in [0.15, 0.2) is 64.5 Å². The molecule has 32 heavy (non-hydrogen) atoms. The zero-order valence-electron chi connectivity index (χ0n) is 17.9. The standard InChI is InChI=1S/C24H24FN5O2/c1-3-28-21-14-10-19(24(27)30-11-14)32-12-15-9-16(25)6-7-17(15)22-18(5-4-8-29-22)23(31)20(21)13(2)26/h4-7,9-11,29H,3,8,12,26H2,1-2H3,(H2,27,30)/b20-13+,28-21?. The summed E-state index contributed by atoms with van der Waals surface area (Å²) in [4.78, 5) is 22.6. The van der Waals surface area contributed by atoms with E-state index in [0.717, 1.165) is 0 Å². The van der Waals surface area contributed by atoms with Crippen LogP contribution in [-0.4, -0.2) is 29.6 Å². The third-order valence-corrected chi connectivity index (χ3v) is 5.24. The number of carbonyl (C=O) groups excluding carboxylic acids is 1. The van der Waals surface area contributed by atoms with Crippen LogP contribution in [-0.2, 0) is 11.4 Å². The van der Waals surface area contributed by atoms with E-state index in [2.05, 4.69) is 15.3 Å². The lowest BCUT2D eigenvalue weighted by atomic mass is 9.89. The summed E-state index contributed by atoms with van der Waals surface area (Å²) in [6, 6.07) is 6.05. The minimum atomic E-state index is -0.408. The van der Waals surface area contributed by atoms with Crippen molar-refractivity contribution in [3.63, 3.8) is 0 Å². The van der Waals surface area contributed by atoms with Gasteiger partial charge in [-0.05, 0) is 38.1 Å². The van der Waals surface area contributed by atoms with Gasteiger partial charge in [-0.25, -0.2) is 9.37 Å². The van der Waals surface area contributed by atoms with Crippen LogP contribution in [0.1, 0.15) is 30.5 Å². The minimum Gasteiger partial charge on any atom is -0.485 e. The highest BCUT2D eigenvalue weighted by molar-refractivity contribution is 6.35. The Balaban J connectivity index is 2.05. The normalized spacial score (nSPS) is 18.7. The number of benzene rings is 1. The van der Waals surface area contributed by atoms with Gasteiger partial charge in [0.2, 0.25) is 0 Å². The summed E-state index contributed by atoms with van der Waals surface area (Å²) < 4.78 is 20.1. The van der Waals surface area contributed by atoms with Crippen molar-refractivity contribution in [2.75, 3.05) is 18.8 Å². The maximum absolute atomic E-state index is 14.1. The number of hydrogen-bond donors (Lipinski definition) is 3. The average molecular weight is 433 g/mol. The molecule has 0 aliphatic carbocycles. The predicted octanol–water partition coefficient (Wildman–Crippen LogP) is 2.88. The summed E-state index contributed by atoms with van der Waals surface area (Å²) in [6.45, 7) is 4.53. The molecule has 2 bridgehead atoms. The molecular weight excluding hydrogens is 409 g/mol. The van der Waals surface area contributed by atoms with Crippen molar-refractivity contribution in [3.05, 3.63) is 82.0 Å². The second kappa shape index (κ2) is 8.66. The number of nitrogens with zero attached hydrogens (tertiary/aromatic N) is 2. The maximum Gasteiger partial charge on any atom is 0.199 e. The Bertz CT molecular complexity index is 1220. The first-order valence-electron chi connectivity index (χ1n) is 10.3. The molecule has 1 aromatic carbocycles. The summed E-state index contributed by atoms with van der Waals surface area (Å²) in [7, 11) is 0. The monoisotopic (exact) mass is 433 g/mol. The van der Waals surface area contributed by atoms with E-state index in [4.69, 9.17) is 16.2 Å². The van der Waals surface area contributed by atoms with E-state index in [1.54, 1.807) is 25.1 Å². The molecule has 0 atom stereocenters. The van der Waals surface area contributed by atoms with Crippen LogP contribution in [0.3, 0.4) is 0 Å². The fourth-order valence-electron chi connectivity index (χ4n) is 3.81. The van der Waals surface area contributed by atoms with Crippen LogP contribution in [0.5, 0.6) is 5.75 Å². The topological polar surface area (TPSA) is 116 Å². The third kappa shape index (κ3) is 3.87. The van der Waals surface area contributed by atoms with Gasteiger partial charge in [0.15, 0.2) is 17.4 Å². The van der Waals surface area contributed by atoms with Crippen LogP contribution in [0.25, 0.3) is 5.70 Å². The van der Waals surface area contributed by atoms with Crippen LogP contribution in [0.2, 0.25) is 0 Å². The number of pyridine rings is 1. The van der Waals surface area contributed by atoms with E-state index in [-0.39, 0.29) is 23.8 Å². The molecule has 8 heteroatoms. The Hall–Kier alpha value is -3.94. The molecule has 0 saturated heterocycles. The first-order valence-corrected chi connectivity index (χ1v) is 10.3. The maximum atomic E-state index is 14.1. The summed E-state index contributed by atoms with van der Waals surface area (Å²) in [6.07, 6.45) is 5.15. The molecule has 0 fully saturated rings. The number of carbonyl (C=O) groups is 1. The largest absolute Gasteiger partial charge is 0.485 e. The Morgan fingerprint density at radius 3 is 2.91 bits per heavy atom. The summed E-state index contributed by atoms with van der Waals surface area (Å²) >= 11 is 0. The number of ether oxygens (including phenoxy) is 1. The highest BCUT2D eigenvalue weighted by Crippen LogP contribution is 2.31. The van der Waals surface area contributed by atoms with Gasteiger partial charge in [0.05, 0.1) is 17.0 Å². The van der Waals surface area contributed by atoms with Crippen molar-refractivity contribution in [2.24, 2.45) is 10.7 Å². The number of nitrogen functional groups attached to an aromatic ring is 1. The summed E-state index contributed by atoms with van der Waals surface area (Å²) in [5.74, 6) is -0.200. The van der Waals surface area contributed by atoms with Gasteiger partial charge in [-0.1, -0.05) is 12.2 Å². The molecule has 0 saturated carbocycles. The molecule has 5 N–H and O–H groups in total. The zero-order valence-corrected chi connectivity index (χ0v) is 17.9. The lowest BCUT2D eigenvalue weighted by Gasteiger charge is -2.23. The molecule has 3 heterocycles. The molecule has 2 aliphatic rings. The lowest BCUT2D eigenvalue weighted by Crippen LogP contribution is -2.27. The number of fused-ring (bicyclic) bond motifs is 4. The highest BCUT2D eigenvalue weighted by atomic mass is 19.1. The number of ketones is 1. The Morgan fingerprint density at radius 1 is 1.34 bits per heavy atom. The van der Waals surface area contributed by atoms with E-state index >= 15 is 0 Å². The van der Waals surface area contributed by atoms with Crippen LogP contribution < -0.4 is 21.5 Å². The number of hydrogen-bond acceptors (Lipinski definition) is 7. The van der Waals surface area contributed by atoms with Gasteiger partial charge in [-0.15, -0.1) is 0 Å². The highest BCUT2D eigenvalue weighted by Gasteiger charge is 2.28. The number of nitrogens with two attached hydrogens (primary N) is 2.